The Labute approximate surface area is 90.6 Å². The van der Waals surface area contributed by atoms with Crippen LogP contribution >= 0.6 is 11.6 Å². The zero-order valence-electron chi connectivity index (χ0n) is 8.03. The zero-order valence-corrected chi connectivity index (χ0v) is 8.79. The van der Waals surface area contributed by atoms with E-state index in [1.165, 1.54) is 10.8 Å². The average molecular weight is 234 g/mol. The van der Waals surface area contributed by atoms with Gasteiger partial charge in [-0.2, -0.15) is 0 Å². The second-order valence-corrected chi connectivity index (χ2v) is 3.24. The van der Waals surface area contributed by atoms with Crippen LogP contribution in [0.3, 0.4) is 0 Å². The molecule has 3 N–H and O–H groups in total. The van der Waals surface area contributed by atoms with E-state index in [1.807, 2.05) is 0 Å². The van der Waals surface area contributed by atoms with E-state index in [2.05, 4.69) is 4.98 Å². The third kappa shape index (κ3) is 3.50. The number of hydrogen-bond donors (Lipinski definition) is 2. The van der Waals surface area contributed by atoms with Crippen molar-refractivity contribution in [2.75, 3.05) is 19.8 Å². The number of aromatic amines is 1. The van der Waals surface area contributed by atoms with Crippen LogP contribution in [0.1, 0.15) is 0 Å². The molecule has 0 amide bonds. The van der Waals surface area contributed by atoms with Crippen LogP contribution in [-0.2, 0) is 11.3 Å². The van der Waals surface area contributed by atoms with Crippen molar-refractivity contribution in [1.29, 1.82) is 0 Å². The number of nitrogens with zero attached hydrogens (tertiary/aromatic N) is 1. The number of H-pyrrole nitrogens is 1. The Morgan fingerprint density at radius 2 is 2.20 bits per heavy atom. The lowest BCUT2D eigenvalue weighted by atomic mass is 10.6. The molecule has 0 saturated heterocycles. The van der Waals surface area contributed by atoms with Gasteiger partial charge in [-0.15, -0.1) is 0 Å². The number of nitrogens with two attached hydrogens (primary N) is 1. The average Bonchev–Trinajstić information content (AvgIpc) is 2.20. The van der Waals surface area contributed by atoms with E-state index in [0.29, 0.717) is 26.3 Å². The largest absolute Gasteiger partial charge is 0.378 e. The van der Waals surface area contributed by atoms with Crippen molar-refractivity contribution in [3.63, 3.8) is 0 Å². The predicted octanol–water partition coefficient (Wildman–Crippen LogP) is -0.835. The highest BCUT2D eigenvalue weighted by atomic mass is 35.5. The Kier molecular flexibility index (Phi) is 4.54. The summed E-state index contributed by atoms with van der Waals surface area (Å²) in [7, 11) is 0. The minimum atomic E-state index is -0.583. The molecule has 0 atom stereocenters. The van der Waals surface area contributed by atoms with Crippen LogP contribution in [-0.4, -0.2) is 29.3 Å². The fourth-order valence-electron chi connectivity index (χ4n) is 0.997. The minimum Gasteiger partial charge on any atom is -0.378 e. The molecule has 0 aliphatic heterocycles. The highest BCUT2D eigenvalue weighted by molar-refractivity contribution is 6.30. The van der Waals surface area contributed by atoms with E-state index in [9.17, 15) is 9.59 Å². The molecule has 0 saturated carbocycles. The first-order valence-corrected chi connectivity index (χ1v) is 4.80. The predicted molar refractivity (Wildman–Crippen MR) is 56.2 cm³/mol. The molecule has 0 radical (unpaired) electrons. The fourth-order valence-corrected chi connectivity index (χ4v) is 1.16. The first-order chi connectivity index (χ1) is 7.15. The Bertz CT molecular complexity index is 426. The Morgan fingerprint density at radius 1 is 1.47 bits per heavy atom. The van der Waals surface area contributed by atoms with Gasteiger partial charge in [-0.25, -0.2) is 4.79 Å². The molecule has 0 unspecified atom stereocenters. The van der Waals surface area contributed by atoms with Crippen LogP contribution in [0.5, 0.6) is 0 Å². The van der Waals surface area contributed by atoms with Gasteiger partial charge in [0, 0.05) is 12.7 Å². The molecule has 1 aromatic rings. The van der Waals surface area contributed by atoms with Crippen molar-refractivity contribution in [3.8, 4) is 0 Å². The molecule has 0 bridgehead atoms. The number of nitrogens with one attached hydrogen (secondary N) is 1. The molecular formula is C8H12ClN3O3. The SMILES string of the molecule is NCCOCCn1cc(Cl)c(=O)[nH]c1=O. The van der Waals surface area contributed by atoms with Gasteiger partial charge in [-0.1, -0.05) is 11.6 Å². The summed E-state index contributed by atoms with van der Waals surface area (Å²) in [4.78, 5) is 24.2. The van der Waals surface area contributed by atoms with Crippen molar-refractivity contribution < 1.29 is 4.74 Å². The summed E-state index contributed by atoms with van der Waals surface area (Å²) in [5, 5.41) is -0.0200. The molecule has 0 aliphatic carbocycles. The number of ether oxygens (including phenoxy) is 1. The summed E-state index contributed by atoms with van der Waals surface area (Å²) in [6.07, 6.45) is 1.29. The van der Waals surface area contributed by atoms with E-state index in [4.69, 9.17) is 22.1 Å². The third-order valence-electron chi connectivity index (χ3n) is 1.71. The molecule has 0 aliphatic rings. The maximum absolute atomic E-state index is 11.2. The fraction of sp³-hybridized carbons (Fsp3) is 0.500. The van der Waals surface area contributed by atoms with Gasteiger partial charge in [0.15, 0.2) is 0 Å². The maximum Gasteiger partial charge on any atom is 0.328 e. The van der Waals surface area contributed by atoms with Gasteiger partial charge in [0.05, 0.1) is 19.8 Å². The first kappa shape index (κ1) is 12.0. The molecule has 0 fully saturated rings. The summed E-state index contributed by atoms with van der Waals surface area (Å²) >= 11 is 5.56. The van der Waals surface area contributed by atoms with Crippen molar-refractivity contribution >= 4 is 11.6 Å². The monoisotopic (exact) mass is 233 g/mol. The van der Waals surface area contributed by atoms with E-state index in [0.717, 1.165) is 0 Å². The van der Waals surface area contributed by atoms with Crippen LogP contribution < -0.4 is 17.0 Å². The molecule has 84 valence electrons. The number of rotatable bonds is 5. The normalized spacial score (nSPS) is 10.5. The second kappa shape index (κ2) is 5.69. The quantitative estimate of drug-likeness (QED) is 0.650. The maximum atomic E-state index is 11.2. The lowest BCUT2D eigenvalue weighted by molar-refractivity contribution is 0.132. The molecule has 7 heteroatoms. The molecule has 1 aromatic heterocycles. The van der Waals surface area contributed by atoms with Crippen molar-refractivity contribution in [2.45, 2.75) is 6.54 Å². The van der Waals surface area contributed by atoms with Crippen LogP contribution in [0, 0.1) is 0 Å². The lowest BCUT2D eigenvalue weighted by Gasteiger charge is -2.05. The second-order valence-electron chi connectivity index (χ2n) is 2.83. The Morgan fingerprint density at radius 3 is 2.87 bits per heavy atom. The molecular weight excluding hydrogens is 222 g/mol. The summed E-state index contributed by atoms with van der Waals surface area (Å²) in [6.45, 7) is 1.54. The van der Waals surface area contributed by atoms with Gasteiger partial charge in [-0.3, -0.25) is 14.3 Å². The lowest BCUT2D eigenvalue weighted by Crippen LogP contribution is -2.31. The first-order valence-electron chi connectivity index (χ1n) is 4.42. The van der Waals surface area contributed by atoms with Crippen molar-refractivity contribution in [2.24, 2.45) is 5.73 Å². The molecule has 6 nitrogen and oxygen atoms in total. The highest BCUT2D eigenvalue weighted by Crippen LogP contribution is 1.95. The summed E-state index contributed by atoms with van der Waals surface area (Å²) in [6, 6.07) is 0. The Balaban J connectivity index is 2.66. The van der Waals surface area contributed by atoms with Gasteiger partial charge in [0.2, 0.25) is 0 Å². The van der Waals surface area contributed by atoms with Gasteiger partial charge in [0.25, 0.3) is 5.56 Å². The highest BCUT2D eigenvalue weighted by Gasteiger charge is 2.01. The number of halogens is 1. The number of aromatic nitrogens is 2. The van der Waals surface area contributed by atoms with Crippen molar-refractivity contribution in [1.82, 2.24) is 9.55 Å². The van der Waals surface area contributed by atoms with Crippen LogP contribution in [0.15, 0.2) is 15.8 Å². The summed E-state index contributed by atoms with van der Waals surface area (Å²) in [5.74, 6) is 0. The van der Waals surface area contributed by atoms with E-state index in [1.54, 1.807) is 0 Å². The molecule has 1 heterocycles. The topological polar surface area (TPSA) is 90.1 Å². The smallest absolute Gasteiger partial charge is 0.328 e. The third-order valence-corrected chi connectivity index (χ3v) is 1.98. The van der Waals surface area contributed by atoms with Crippen molar-refractivity contribution in [3.05, 3.63) is 32.1 Å². The molecule has 0 aromatic carbocycles. The zero-order chi connectivity index (χ0) is 11.3. The van der Waals surface area contributed by atoms with E-state index in [-0.39, 0.29) is 5.02 Å². The van der Waals surface area contributed by atoms with E-state index < -0.39 is 11.2 Å². The van der Waals surface area contributed by atoms with Gasteiger partial charge >= 0.3 is 5.69 Å². The molecule has 1 rings (SSSR count). The Hall–Kier alpha value is -1.11. The van der Waals surface area contributed by atoms with Crippen LogP contribution in [0.2, 0.25) is 5.02 Å². The van der Waals surface area contributed by atoms with Gasteiger partial charge in [-0.05, 0) is 0 Å². The van der Waals surface area contributed by atoms with E-state index >= 15 is 0 Å². The summed E-state index contributed by atoms with van der Waals surface area (Å²) < 4.78 is 6.37. The van der Waals surface area contributed by atoms with Gasteiger partial charge in [0.1, 0.15) is 5.02 Å². The van der Waals surface area contributed by atoms with Crippen LogP contribution in [0.4, 0.5) is 0 Å². The standard InChI is InChI=1S/C8H12ClN3O3/c9-6-5-12(2-4-15-3-1-10)8(14)11-7(6)13/h5H,1-4,10H2,(H,11,13,14). The molecule has 15 heavy (non-hydrogen) atoms. The molecule has 0 spiro atoms. The van der Waals surface area contributed by atoms with Gasteiger partial charge < -0.3 is 10.5 Å². The number of hydrogen-bond acceptors (Lipinski definition) is 4. The van der Waals surface area contributed by atoms with Crippen LogP contribution in [0.25, 0.3) is 0 Å². The summed E-state index contributed by atoms with van der Waals surface area (Å²) in [5.41, 5.74) is 4.14. The minimum absolute atomic E-state index is 0.0200.